The molecule has 40 heavy (non-hydrogen) atoms. The van der Waals surface area contributed by atoms with Gasteiger partial charge in [-0.3, -0.25) is 0 Å². The lowest BCUT2D eigenvalue weighted by Crippen LogP contribution is -1.97. The zero-order valence-electron chi connectivity index (χ0n) is 20.4. The Kier molecular flexibility index (Phi) is 4.06. The van der Waals surface area contributed by atoms with E-state index in [9.17, 15) is 21.0 Å². The molecule has 2 aromatic heterocycles. The van der Waals surface area contributed by atoms with Gasteiger partial charge in [-0.25, -0.2) is 19.9 Å². The highest BCUT2D eigenvalue weighted by molar-refractivity contribution is 6.38. The molecule has 0 atom stereocenters. The minimum absolute atomic E-state index is 0.255. The summed E-state index contributed by atoms with van der Waals surface area (Å²) in [6.07, 6.45) is 0. The maximum Gasteiger partial charge on any atom is 0.101 e. The molecule has 0 bridgehead atoms. The Labute approximate surface area is 224 Å². The van der Waals surface area contributed by atoms with Crippen LogP contribution < -0.4 is 0 Å². The molecule has 0 spiro atoms. The van der Waals surface area contributed by atoms with E-state index in [0.29, 0.717) is 44.1 Å². The first-order chi connectivity index (χ1) is 19.6. The van der Waals surface area contributed by atoms with Crippen molar-refractivity contribution >= 4 is 76.5 Å². The van der Waals surface area contributed by atoms with Crippen molar-refractivity contribution in [2.75, 3.05) is 0 Å². The lowest BCUT2D eigenvalue weighted by atomic mass is 9.91. The summed E-state index contributed by atoms with van der Waals surface area (Å²) in [7, 11) is 0. The van der Waals surface area contributed by atoms with E-state index in [1.54, 1.807) is 24.3 Å². The fourth-order valence-corrected chi connectivity index (χ4v) is 5.76. The Bertz CT molecular complexity index is 2290. The average molecular weight is 506 g/mol. The van der Waals surface area contributed by atoms with Crippen LogP contribution in [0.15, 0.2) is 60.7 Å². The number of fused-ring (bicyclic) bond motifs is 8. The summed E-state index contributed by atoms with van der Waals surface area (Å²) in [5.41, 5.74) is 5.89. The molecule has 8 heteroatoms. The second-order valence-electron chi connectivity index (χ2n) is 9.52. The SMILES string of the molecule is N#Cc1cc2nc3c4cccc5c6nc7cc(C#N)c(C#N)cc7nc6c6cccc(c3nc2cc1C#N)c6c45. The number of nitriles is 4. The molecule has 0 aliphatic carbocycles. The van der Waals surface area contributed by atoms with Crippen LogP contribution in [0.25, 0.3) is 76.5 Å². The van der Waals surface area contributed by atoms with E-state index >= 15 is 0 Å². The molecular weight excluding hydrogens is 496 g/mol. The summed E-state index contributed by atoms with van der Waals surface area (Å²) in [6.45, 7) is 0. The van der Waals surface area contributed by atoms with Gasteiger partial charge in [-0.1, -0.05) is 36.4 Å². The molecule has 8 aromatic rings. The summed E-state index contributed by atoms with van der Waals surface area (Å²) < 4.78 is 0. The van der Waals surface area contributed by atoms with E-state index in [4.69, 9.17) is 19.9 Å². The van der Waals surface area contributed by atoms with Crippen LogP contribution in [-0.4, -0.2) is 19.9 Å². The average Bonchev–Trinajstić information content (AvgIpc) is 3.01. The van der Waals surface area contributed by atoms with Gasteiger partial charge in [-0.15, -0.1) is 0 Å². The first-order valence-electron chi connectivity index (χ1n) is 12.2. The van der Waals surface area contributed by atoms with Crippen molar-refractivity contribution in [2.24, 2.45) is 0 Å². The fraction of sp³-hybridized carbons (Fsp3) is 0. The van der Waals surface area contributed by atoms with Gasteiger partial charge in [0.1, 0.15) is 24.3 Å². The number of hydrogen-bond acceptors (Lipinski definition) is 8. The molecule has 2 heterocycles. The highest BCUT2D eigenvalue weighted by Crippen LogP contribution is 2.43. The summed E-state index contributed by atoms with van der Waals surface area (Å²) in [4.78, 5) is 19.8. The largest absolute Gasteiger partial charge is 0.244 e. The topological polar surface area (TPSA) is 147 Å². The highest BCUT2D eigenvalue weighted by atomic mass is 14.8. The standard InChI is InChI=1S/C32H10N8/c33-11-15-7-23-25(9-17(15)13-35)39-31-21-5-2-6-22-28(21)27-19(29(31)37-23)3-1-4-20(27)30-32(22)40-26-10-18(14-36)16(12-34)8-24(26)38-30/h1-10H. The Balaban J connectivity index is 1.62. The van der Waals surface area contributed by atoms with E-state index < -0.39 is 0 Å². The van der Waals surface area contributed by atoms with Crippen LogP contribution in [0.5, 0.6) is 0 Å². The predicted octanol–water partition coefficient (Wildman–Crippen LogP) is 6.26. The van der Waals surface area contributed by atoms with Crippen LogP contribution in [0.3, 0.4) is 0 Å². The molecule has 0 amide bonds. The minimum Gasteiger partial charge on any atom is -0.244 e. The molecule has 0 radical (unpaired) electrons. The van der Waals surface area contributed by atoms with E-state index in [-0.39, 0.29) is 22.3 Å². The van der Waals surface area contributed by atoms with Gasteiger partial charge < -0.3 is 0 Å². The van der Waals surface area contributed by atoms with Crippen molar-refractivity contribution in [1.29, 1.82) is 21.0 Å². The fourth-order valence-electron chi connectivity index (χ4n) is 5.76. The summed E-state index contributed by atoms with van der Waals surface area (Å²) >= 11 is 0. The zero-order valence-corrected chi connectivity index (χ0v) is 20.4. The van der Waals surface area contributed by atoms with Crippen LogP contribution in [-0.2, 0) is 0 Å². The Morgan fingerprint density at radius 2 is 0.650 bits per heavy atom. The predicted molar refractivity (Wildman–Crippen MR) is 150 cm³/mol. The Morgan fingerprint density at radius 3 is 0.875 bits per heavy atom. The van der Waals surface area contributed by atoms with Crippen LogP contribution in [0, 0.1) is 45.3 Å². The first kappa shape index (κ1) is 21.6. The van der Waals surface area contributed by atoms with Gasteiger partial charge >= 0.3 is 0 Å². The van der Waals surface area contributed by atoms with E-state index in [0.717, 1.165) is 32.3 Å². The van der Waals surface area contributed by atoms with Crippen molar-refractivity contribution in [2.45, 2.75) is 0 Å². The number of rotatable bonds is 0. The van der Waals surface area contributed by atoms with Gasteiger partial charge in [0.25, 0.3) is 0 Å². The molecule has 0 saturated carbocycles. The lowest BCUT2D eigenvalue weighted by Gasteiger charge is -2.16. The maximum absolute atomic E-state index is 9.54. The van der Waals surface area contributed by atoms with Crippen LogP contribution in [0.1, 0.15) is 22.3 Å². The number of aromatic nitrogens is 4. The third-order valence-corrected chi connectivity index (χ3v) is 7.49. The molecule has 0 saturated heterocycles. The van der Waals surface area contributed by atoms with Crippen molar-refractivity contribution in [3.05, 3.63) is 82.9 Å². The molecule has 0 N–H and O–H groups in total. The molecular formula is C32H10N8. The van der Waals surface area contributed by atoms with E-state index in [1.807, 2.05) is 36.4 Å². The van der Waals surface area contributed by atoms with Gasteiger partial charge in [0.05, 0.1) is 66.4 Å². The van der Waals surface area contributed by atoms with Gasteiger partial charge in [0, 0.05) is 32.3 Å². The zero-order chi connectivity index (χ0) is 27.1. The third kappa shape index (κ3) is 2.64. The smallest absolute Gasteiger partial charge is 0.101 e. The lowest BCUT2D eigenvalue weighted by molar-refractivity contribution is 1.38. The van der Waals surface area contributed by atoms with Crippen molar-refractivity contribution in [1.82, 2.24) is 19.9 Å². The van der Waals surface area contributed by atoms with Crippen LogP contribution >= 0.6 is 0 Å². The maximum atomic E-state index is 9.54. The Hall–Kier alpha value is -6.48. The second kappa shape index (κ2) is 7.53. The van der Waals surface area contributed by atoms with Gasteiger partial charge in [-0.05, 0) is 24.3 Å². The number of hydrogen-bond donors (Lipinski definition) is 0. The summed E-state index contributed by atoms with van der Waals surface area (Å²) in [6, 6.07) is 26.6. The van der Waals surface area contributed by atoms with Gasteiger partial charge in [-0.2, -0.15) is 21.0 Å². The van der Waals surface area contributed by atoms with E-state index in [1.165, 1.54) is 0 Å². The molecule has 8 nitrogen and oxygen atoms in total. The van der Waals surface area contributed by atoms with Crippen LogP contribution in [0.4, 0.5) is 0 Å². The molecule has 0 fully saturated rings. The monoisotopic (exact) mass is 506 g/mol. The molecule has 0 unspecified atom stereocenters. The summed E-state index contributed by atoms with van der Waals surface area (Å²) in [5.74, 6) is 0. The third-order valence-electron chi connectivity index (χ3n) is 7.49. The Morgan fingerprint density at radius 1 is 0.400 bits per heavy atom. The van der Waals surface area contributed by atoms with Gasteiger partial charge in [0.15, 0.2) is 0 Å². The molecule has 8 rings (SSSR count). The highest BCUT2D eigenvalue weighted by Gasteiger charge is 2.21. The number of nitrogens with zero attached hydrogens (tertiary/aromatic N) is 8. The van der Waals surface area contributed by atoms with Gasteiger partial charge in [0.2, 0.25) is 0 Å². The van der Waals surface area contributed by atoms with Crippen LogP contribution in [0.2, 0.25) is 0 Å². The van der Waals surface area contributed by atoms with Crippen molar-refractivity contribution in [3.63, 3.8) is 0 Å². The number of benzene rings is 6. The molecule has 0 aliphatic heterocycles. The first-order valence-corrected chi connectivity index (χ1v) is 12.2. The molecule has 0 aliphatic rings. The quantitative estimate of drug-likeness (QED) is 0.173. The van der Waals surface area contributed by atoms with Crippen molar-refractivity contribution < 1.29 is 0 Å². The molecule has 6 aromatic carbocycles. The molecule has 178 valence electrons. The normalized spacial score (nSPS) is 11.4. The summed E-state index contributed by atoms with van der Waals surface area (Å²) in [5, 5.41) is 43.7. The van der Waals surface area contributed by atoms with E-state index in [2.05, 4.69) is 24.3 Å². The second-order valence-corrected chi connectivity index (χ2v) is 9.52. The van der Waals surface area contributed by atoms with Crippen molar-refractivity contribution in [3.8, 4) is 24.3 Å². The minimum atomic E-state index is 0.255.